The van der Waals surface area contributed by atoms with Gasteiger partial charge in [0.15, 0.2) is 0 Å². The molecule has 8 heteroatoms. The first-order valence-electron chi connectivity index (χ1n) is 6.64. The lowest BCUT2D eigenvalue weighted by atomic mass is 9.99. The third-order valence-electron chi connectivity index (χ3n) is 3.53. The fourth-order valence-electron chi connectivity index (χ4n) is 2.53. The largest absolute Gasteiger partial charge is 0.381 e. The highest BCUT2D eigenvalue weighted by Gasteiger charge is 2.35. The lowest BCUT2D eigenvalue weighted by molar-refractivity contribution is 0.118. The molecule has 1 aromatic heterocycles. The van der Waals surface area contributed by atoms with Crippen molar-refractivity contribution < 1.29 is 13.2 Å². The fraction of sp³-hybridized carbons (Fsp3) is 0.750. The Labute approximate surface area is 120 Å². The normalized spacial score (nSPS) is 20.4. The van der Waals surface area contributed by atoms with Gasteiger partial charge in [0.25, 0.3) is 10.2 Å². The molecule has 0 bridgehead atoms. The molecule has 0 radical (unpaired) electrons. The van der Waals surface area contributed by atoms with E-state index in [1.807, 2.05) is 18.7 Å². The van der Waals surface area contributed by atoms with E-state index in [1.54, 1.807) is 20.3 Å². The minimum Gasteiger partial charge on any atom is -0.381 e. The van der Waals surface area contributed by atoms with Crippen molar-refractivity contribution in [1.29, 1.82) is 0 Å². The van der Waals surface area contributed by atoms with Gasteiger partial charge in [0.2, 0.25) is 0 Å². The third kappa shape index (κ3) is 2.73. The molecule has 1 atom stereocenters. The zero-order valence-corrected chi connectivity index (χ0v) is 13.2. The van der Waals surface area contributed by atoms with E-state index in [0.717, 1.165) is 11.3 Å². The van der Waals surface area contributed by atoms with Crippen LogP contribution in [-0.4, -0.2) is 60.7 Å². The Morgan fingerprint density at radius 2 is 2.20 bits per heavy atom. The van der Waals surface area contributed by atoms with E-state index < -0.39 is 10.2 Å². The van der Waals surface area contributed by atoms with E-state index >= 15 is 0 Å². The Bertz CT molecular complexity index is 567. The van der Waals surface area contributed by atoms with E-state index in [1.165, 1.54) is 8.61 Å². The number of aromatic nitrogens is 2. The lowest BCUT2D eigenvalue weighted by Gasteiger charge is -2.33. The number of rotatable bonds is 5. The number of hydrogen-bond acceptors (Lipinski definition) is 4. The van der Waals surface area contributed by atoms with Gasteiger partial charge in [-0.05, 0) is 6.92 Å². The van der Waals surface area contributed by atoms with Gasteiger partial charge in [-0.1, -0.05) is 0 Å². The van der Waals surface area contributed by atoms with Crippen LogP contribution in [0.25, 0.3) is 0 Å². The van der Waals surface area contributed by atoms with Crippen molar-refractivity contribution in [2.24, 2.45) is 7.05 Å². The van der Waals surface area contributed by atoms with E-state index in [9.17, 15) is 8.42 Å². The Hall–Kier alpha value is -0.960. The number of ether oxygens (including phenoxy) is 1. The molecule has 0 fully saturated rings. The summed E-state index contributed by atoms with van der Waals surface area (Å²) in [6.07, 6.45) is 1.74. The molecule has 0 N–H and O–H groups in total. The molecule has 0 aliphatic carbocycles. The van der Waals surface area contributed by atoms with Gasteiger partial charge in [0, 0.05) is 58.0 Å². The molecule has 0 unspecified atom stereocenters. The monoisotopic (exact) mass is 302 g/mol. The second-order valence-corrected chi connectivity index (χ2v) is 7.26. The summed E-state index contributed by atoms with van der Waals surface area (Å²) in [5, 5.41) is 4.24. The van der Waals surface area contributed by atoms with E-state index in [4.69, 9.17) is 4.74 Å². The number of aryl methyl sites for hydroxylation is 1. The van der Waals surface area contributed by atoms with Gasteiger partial charge in [0.05, 0.1) is 12.8 Å². The van der Waals surface area contributed by atoms with Crippen molar-refractivity contribution in [3.8, 4) is 0 Å². The minimum atomic E-state index is -3.42. The highest BCUT2D eigenvalue weighted by molar-refractivity contribution is 7.86. The highest BCUT2D eigenvalue weighted by Crippen LogP contribution is 2.30. The maximum Gasteiger partial charge on any atom is 0.281 e. The highest BCUT2D eigenvalue weighted by atomic mass is 32.2. The number of nitrogens with zero attached hydrogens (tertiary/aromatic N) is 4. The summed E-state index contributed by atoms with van der Waals surface area (Å²) in [5.41, 5.74) is 2.03. The van der Waals surface area contributed by atoms with Gasteiger partial charge < -0.3 is 4.74 Å². The second kappa shape index (κ2) is 5.80. The average molecular weight is 302 g/mol. The van der Waals surface area contributed by atoms with Crippen molar-refractivity contribution in [2.75, 3.05) is 33.9 Å². The van der Waals surface area contributed by atoms with E-state index in [2.05, 4.69) is 5.10 Å². The lowest BCUT2D eigenvalue weighted by Crippen LogP contribution is -2.45. The fourth-order valence-corrected chi connectivity index (χ4v) is 3.66. The van der Waals surface area contributed by atoms with Crippen LogP contribution in [0.1, 0.15) is 24.1 Å². The summed E-state index contributed by atoms with van der Waals surface area (Å²) < 4.78 is 34.7. The molecular formula is C12H22N4O3S. The van der Waals surface area contributed by atoms with Gasteiger partial charge in [-0.3, -0.25) is 4.68 Å². The summed E-state index contributed by atoms with van der Waals surface area (Å²) >= 11 is 0. The first-order chi connectivity index (χ1) is 9.37. The van der Waals surface area contributed by atoms with Crippen LogP contribution in [0.15, 0.2) is 6.20 Å². The third-order valence-corrected chi connectivity index (χ3v) is 5.39. The van der Waals surface area contributed by atoms with Crippen molar-refractivity contribution in [3.63, 3.8) is 0 Å². The predicted octanol–water partition coefficient (Wildman–Crippen LogP) is 0.162. The first-order valence-corrected chi connectivity index (χ1v) is 8.03. The summed E-state index contributed by atoms with van der Waals surface area (Å²) in [4.78, 5) is 0. The van der Waals surface area contributed by atoms with E-state index in [-0.39, 0.29) is 5.92 Å². The zero-order chi connectivity index (χ0) is 14.9. The van der Waals surface area contributed by atoms with Crippen LogP contribution in [0.5, 0.6) is 0 Å². The van der Waals surface area contributed by atoms with Gasteiger partial charge in [-0.25, -0.2) is 0 Å². The average Bonchev–Trinajstić information content (AvgIpc) is 2.77. The van der Waals surface area contributed by atoms with Crippen LogP contribution < -0.4 is 0 Å². The minimum absolute atomic E-state index is 0.0147. The van der Waals surface area contributed by atoms with Gasteiger partial charge >= 0.3 is 0 Å². The van der Waals surface area contributed by atoms with Crippen LogP contribution in [0, 0.1) is 0 Å². The zero-order valence-electron chi connectivity index (χ0n) is 12.4. The van der Waals surface area contributed by atoms with Crippen molar-refractivity contribution in [1.82, 2.24) is 18.4 Å². The van der Waals surface area contributed by atoms with Crippen molar-refractivity contribution in [3.05, 3.63) is 17.5 Å². The molecule has 0 saturated carbocycles. The molecule has 1 aromatic rings. The Balaban J connectivity index is 2.31. The quantitative estimate of drug-likeness (QED) is 0.777. The summed E-state index contributed by atoms with van der Waals surface area (Å²) in [5.74, 6) is 0.0147. The van der Waals surface area contributed by atoms with Gasteiger partial charge in [0.1, 0.15) is 0 Å². The van der Waals surface area contributed by atoms with Crippen LogP contribution in [0.3, 0.4) is 0 Å². The predicted molar refractivity (Wildman–Crippen MR) is 75.5 cm³/mol. The molecule has 7 nitrogen and oxygen atoms in total. The molecule has 2 rings (SSSR count). The molecule has 0 spiro atoms. The van der Waals surface area contributed by atoms with Crippen LogP contribution in [-0.2, 0) is 28.5 Å². The van der Waals surface area contributed by atoms with Crippen molar-refractivity contribution >= 4 is 10.2 Å². The topological polar surface area (TPSA) is 67.7 Å². The summed E-state index contributed by atoms with van der Waals surface area (Å²) in [6, 6.07) is 0. The molecule has 2 heterocycles. The van der Waals surface area contributed by atoms with E-state index in [0.29, 0.717) is 26.3 Å². The standard InChI is InChI=1S/C12H22N4O3S/c1-5-19-9-11-8-16(20(17,18)14(2)3)7-10-6-13-15(4)12(10)11/h6,11H,5,7-9H2,1-4H3/t11-/m0/s1. The number of fused-ring (bicyclic) bond motifs is 1. The molecule has 1 aliphatic rings. The molecule has 20 heavy (non-hydrogen) atoms. The van der Waals surface area contributed by atoms with Crippen molar-refractivity contribution in [2.45, 2.75) is 19.4 Å². The summed E-state index contributed by atoms with van der Waals surface area (Å²) in [6.45, 7) is 3.84. The second-order valence-electron chi connectivity index (χ2n) is 5.12. The molecule has 0 saturated heterocycles. The molecule has 0 amide bonds. The first kappa shape index (κ1) is 15.4. The SMILES string of the molecule is CCOC[C@@H]1CN(S(=O)(=O)N(C)C)Cc2cnn(C)c21. The maximum atomic E-state index is 12.3. The maximum absolute atomic E-state index is 12.3. The Kier molecular flexibility index (Phi) is 4.48. The smallest absolute Gasteiger partial charge is 0.281 e. The van der Waals surface area contributed by atoms with Gasteiger partial charge in [-0.15, -0.1) is 0 Å². The van der Waals surface area contributed by atoms with Gasteiger partial charge in [-0.2, -0.15) is 22.1 Å². The Morgan fingerprint density at radius 1 is 1.50 bits per heavy atom. The molecule has 114 valence electrons. The molecular weight excluding hydrogens is 280 g/mol. The van der Waals surface area contributed by atoms with Crippen LogP contribution >= 0.6 is 0 Å². The van der Waals surface area contributed by atoms with Crippen LogP contribution in [0.2, 0.25) is 0 Å². The van der Waals surface area contributed by atoms with Crippen LogP contribution in [0.4, 0.5) is 0 Å². The molecule has 1 aliphatic heterocycles. The molecule has 0 aromatic carbocycles. The summed E-state index contributed by atoms with van der Waals surface area (Å²) in [7, 11) is 1.56. The Morgan fingerprint density at radius 3 is 2.80 bits per heavy atom. The number of hydrogen-bond donors (Lipinski definition) is 0.